The number of aromatic carboxylic acids is 1. The van der Waals surface area contributed by atoms with Crippen LogP contribution in [0.3, 0.4) is 0 Å². The molecule has 0 fully saturated rings. The van der Waals surface area contributed by atoms with Gasteiger partial charge in [-0.15, -0.1) is 0 Å². The van der Waals surface area contributed by atoms with E-state index in [1.54, 1.807) is 149 Å². The molecule has 2 amide bonds. The average molecular weight is 2130 g/mol. The Bertz CT molecular complexity index is 4780. The van der Waals surface area contributed by atoms with Gasteiger partial charge in [-0.2, -0.15) is 15.8 Å². The zero-order chi connectivity index (χ0) is 96.9. The molecule has 0 atom stereocenters. The quantitative estimate of drug-likeness (QED) is 0.00713. The van der Waals surface area contributed by atoms with Gasteiger partial charge in [-0.25, -0.2) is 39.1 Å². The van der Waals surface area contributed by atoms with Gasteiger partial charge in [0.1, 0.15) is 53.9 Å². The molecule has 27 nitrogen and oxygen atoms in total. The van der Waals surface area contributed by atoms with Crippen molar-refractivity contribution in [3.63, 3.8) is 0 Å². The van der Waals surface area contributed by atoms with Crippen molar-refractivity contribution >= 4 is 161 Å². The van der Waals surface area contributed by atoms with Gasteiger partial charge in [-0.05, 0) is 306 Å². The third-order valence-electron chi connectivity index (χ3n) is 14.6. The van der Waals surface area contributed by atoms with E-state index in [0.717, 1.165) is 44.8 Å². The van der Waals surface area contributed by atoms with Crippen LogP contribution in [-0.2, 0) is 47.6 Å². The number of anilines is 2. The van der Waals surface area contributed by atoms with E-state index in [-0.39, 0.29) is 88.0 Å². The van der Waals surface area contributed by atoms with Crippen molar-refractivity contribution in [3.05, 3.63) is 278 Å². The summed E-state index contributed by atoms with van der Waals surface area (Å²) in [6.07, 6.45) is 13.0. The molecule has 0 saturated heterocycles. The molecule has 6 N–H and O–H groups in total. The van der Waals surface area contributed by atoms with Gasteiger partial charge in [0.15, 0.2) is 6.29 Å². The number of Topliss-reactive ketones (excluding diaryl/α,β-unsaturated/α-hetero) is 1. The first-order chi connectivity index (χ1) is 59.2. The Hall–Kier alpha value is -11.0. The molecule has 0 aliphatic rings. The Balaban J connectivity index is -0.000000177. The standard InChI is InChI=1S/C16H16N2O.C14H13BrN2O.C10H13NO2.C9H10BrNO2.C8H11NO2.C7H5BrClNO.C7H6BrNO2.C7H8.C5H7NO2.C4H10O2.C3H6O.C2H6.CH3Br.3CH4.H3N/c1-4-13-15(12(3)9-10-17-13)16(19)18-14-8-6-5-7-11(14)2;1-9-5-3-4-6-11(9)17-14(18)12-10(2)7-8-16-13(12)15;1-4-6-8(3)9(7-11)10(12)13-5-2;1-3-13-9(12)7-6(2)4-5-11-8(7)10;1-4-11-8(10)7(5-9)6(2)3;1-4-2-3-10-6(8)5(4)7(9)11;1-4-2-3-9-6(8)5(4)7(10)11;1-7-5-3-2-4-6-7;1-2-8-5(7)3-4-6;1-4(5-2)6-3;1-3(2)4;2*1-2;;;;/h4-10H,1H2,2-3H3,(H,18,19);3-8H,1-2H3,(H,17,18);4,6H,5H2,1-3H3;4-5H,3H2,1-2H3;4H2,1-3H3;2-3H,1H3;2-3H,1H3,(H,10,11);2-6H,1H3;2-3H2,1H3;4H,1-3H3;1-2H3;1-2H3;1H3;3*1H4;1H3/b;;6-4+,9-8-;;;;;;;;;;;;;;. The Morgan fingerprint density at radius 1 is 0.496 bits per heavy atom. The minimum absolute atomic E-state index is 0. The molecule has 8 aromatic rings. The summed E-state index contributed by atoms with van der Waals surface area (Å²) in [5, 5.41) is 39.1. The third kappa shape index (κ3) is 59.7. The van der Waals surface area contributed by atoms with Gasteiger partial charge in [0.25, 0.3) is 17.1 Å². The van der Waals surface area contributed by atoms with Gasteiger partial charge < -0.3 is 55.1 Å². The molecule has 5 aromatic heterocycles. The van der Waals surface area contributed by atoms with Gasteiger partial charge in [0.2, 0.25) is 0 Å². The lowest BCUT2D eigenvalue weighted by Gasteiger charge is -2.11. The van der Waals surface area contributed by atoms with Crippen LogP contribution in [0.25, 0.3) is 6.08 Å². The van der Waals surface area contributed by atoms with Crippen LogP contribution in [0.1, 0.15) is 221 Å². The van der Waals surface area contributed by atoms with E-state index in [1.165, 1.54) is 19.4 Å². The highest BCUT2D eigenvalue weighted by Crippen LogP contribution is 2.24. The van der Waals surface area contributed by atoms with Gasteiger partial charge in [-0.3, -0.25) is 24.2 Å². The number of benzene rings is 3. The monoisotopic (exact) mass is 2120 g/mol. The molecule has 33 heteroatoms. The zero-order valence-electron chi connectivity index (χ0n) is 76.0. The van der Waals surface area contributed by atoms with Crippen molar-refractivity contribution < 1.29 is 76.7 Å². The van der Waals surface area contributed by atoms with Gasteiger partial charge in [0, 0.05) is 56.6 Å². The fraction of sp³-hybridized carbons (Fsp3) is 0.344. The number of carboxylic acid groups (broad SMARTS) is 1. The summed E-state index contributed by atoms with van der Waals surface area (Å²) in [4.78, 5) is 119. The van der Waals surface area contributed by atoms with E-state index in [4.69, 9.17) is 42.0 Å². The number of hydrogen-bond donors (Lipinski definition) is 4. The lowest BCUT2D eigenvalue weighted by molar-refractivity contribution is -0.142. The lowest BCUT2D eigenvalue weighted by atomic mass is 10.1. The molecule has 0 bridgehead atoms. The second-order valence-electron chi connectivity index (χ2n) is 24.4. The number of carbonyl (C=O) groups is 9. The van der Waals surface area contributed by atoms with E-state index in [9.17, 15) is 43.2 Å². The van der Waals surface area contributed by atoms with Crippen LogP contribution in [0.4, 0.5) is 11.4 Å². The maximum Gasteiger partial charge on any atom is 0.349 e. The maximum atomic E-state index is 12.4. The number of amides is 2. The number of carboxylic acids is 1. The molecule has 706 valence electrons. The zero-order valence-corrected chi connectivity index (χ0v) is 84.6. The number of nitrogens with one attached hydrogen (secondary N) is 2. The number of aromatic nitrogens is 5. The van der Waals surface area contributed by atoms with Crippen LogP contribution < -0.4 is 16.8 Å². The predicted octanol–water partition coefficient (Wildman–Crippen LogP) is 25.2. The second-order valence-corrected chi connectivity index (χ2v) is 27.8. The number of hydrogen-bond acceptors (Lipinski definition) is 24. The number of methoxy groups -OCH3 is 2. The summed E-state index contributed by atoms with van der Waals surface area (Å²) in [5.41, 5.74) is 13.6. The number of nitriles is 3. The smallest absolute Gasteiger partial charge is 0.349 e. The van der Waals surface area contributed by atoms with Crippen molar-refractivity contribution in [2.24, 2.45) is 0 Å². The minimum Gasteiger partial charge on any atom is -0.478 e. The van der Waals surface area contributed by atoms with Crippen molar-refractivity contribution in [2.75, 3.05) is 57.1 Å². The van der Waals surface area contributed by atoms with Gasteiger partial charge >= 0.3 is 29.8 Å². The number of nitrogens with zero attached hydrogens (tertiary/aromatic N) is 8. The Morgan fingerprint density at radius 2 is 0.829 bits per heavy atom. The van der Waals surface area contributed by atoms with Crippen LogP contribution in [-0.4, -0.2) is 135 Å². The fourth-order valence-corrected chi connectivity index (χ4v) is 11.2. The van der Waals surface area contributed by atoms with Crippen LogP contribution in [0.5, 0.6) is 0 Å². The largest absolute Gasteiger partial charge is 0.478 e. The average Bonchev–Trinajstić information content (AvgIpc) is 0.824. The van der Waals surface area contributed by atoms with Gasteiger partial charge in [0.05, 0.1) is 66.0 Å². The van der Waals surface area contributed by atoms with E-state index < -0.39 is 29.1 Å². The normalized spacial score (nSPS) is 9.15. The van der Waals surface area contributed by atoms with Crippen LogP contribution in [0.2, 0.25) is 0 Å². The fourth-order valence-electron chi connectivity index (χ4n) is 8.44. The number of carbonyl (C=O) groups excluding carboxylic acids is 8. The summed E-state index contributed by atoms with van der Waals surface area (Å²) < 4.78 is 30.0. The first-order valence-corrected chi connectivity index (χ1v) is 43.3. The first-order valence-electron chi connectivity index (χ1n) is 38.2. The second kappa shape index (κ2) is 82.7. The van der Waals surface area contributed by atoms with Gasteiger partial charge in [-0.1, -0.05) is 149 Å². The van der Waals surface area contributed by atoms with Crippen LogP contribution >= 0.6 is 91.3 Å². The molecular formula is C96H129Br5ClN11O16. The molecular weight excluding hydrogens is 2000 g/mol. The summed E-state index contributed by atoms with van der Waals surface area (Å²) in [5.74, 6) is -1.16. The Labute approximate surface area is 812 Å². The van der Waals surface area contributed by atoms with Crippen molar-refractivity contribution in [2.45, 2.75) is 180 Å². The van der Waals surface area contributed by atoms with E-state index in [2.05, 4.69) is 160 Å². The summed E-state index contributed by atoms with van der Waals surface area (Å²) in [6, 6.07) is 39.7. The molecule has 0 aliphatic heterocycles. The highest BCUT2D eigenvalue weighted by atomic mass is 79.9. The Kier molecular flexibility index (Phi) is 87.2. The molecule has 8 rings (SSSR count). The molecule has 129 heavy (non-hydrogen) atoms. The number of alkyl halides is 1. The first kappa shape index (κ1) is 136. The Morgan fingerprint density at radius 3 is 1.11 bits per heavy atom. The topological polar surface area (TPSA) is 424 Å². The summed E-state index contributed by atoms with van der Waals surface area (Å²) in [7, 11) is 3.21. The summed E-state index contributed by atoms with van der Waals surface area (Å²) >= 11 is 20.9. The molecule has 5 heterocycles. The molecule has 0 saturated carbocycles. The number of rotatable bonds is 18. The highest BCUT2D eigenvalue weighted by Gasteiger charge is 2.19. The number of aryl methyl sites for hydroxylation is 8. The van der Waals surface area contributed by atoms with Crippen molar-refractivity contribution in [3.8, 4) is 18.2 Å². The minimum atomic E-state index is -0.956. The number of allylic oxidation sites excluding steroid dienone is 4. The predicted molar refractivity (Wildman–Crippen MR) is 537 cm³/mol. The number of halogens is 6. The number of para-hydroxylation sites is 2. The SMILES string of the molecule is C.C.C.C/C=C/C(C)=C(/C#N)C(=O)OCC.C=Cc1nccc(C)c1C(=O)Nc1ccccc1C.CBr.CC.CC(C)=O.CCOC(=O)C(C#N)=C(C)C.CCOC(=O)CC#N.CCOC(=O)c1c(C)ccnc1Br.COC(C)OC.Cc1ccccc1.Cc1ccccc1NC(=O)c1c(C)ccnc1Br.Cc1ccnc(Br)c1C(=O)Cl.Cc1ccnc(Br)c1C(=O)O.N. The van der Waals surface area contributed by atoms with Crippen molar-refractivity contribution in [1.29, 1.82) is 15.8 Å². The van der Waals surface area contributed by atoms with E-state index >= 15 is 0 Å². The number of pyridine rings is 5. The lowest BCUT2D eigenvalue weighted by Crippen LogP contribution is -2.16. The maximum absolute atomic E-state index is 12.4. The molecule has 0 unspecified atom stereocenters. The van der Waals surface area contributed by atoms with Crippen LogP contribution in [0, 0.1) is 89.4 Å². The molecule has 0 spiro atoms. The third-order valence-corrected chi connectivity index (χ3v) is 17.2. The van der Waals surface area contributed by atoms with E-state index in [1.807, 2.05) is 160 Å². The number of ketones is 1. The number of esters is 4. The molecule has 0 radical (unpaired) electrons. The molecule has 3 aromatic carbocycles. The highest BCUT2D eigenvalue weighted by molar-refractivity contribution is 9.11. The summed E-state index contributed by atoms with van der Waals surface area (Å²) in [6.45, 7) is 42.9. The molecule has 0 aliphatic carbocycles. The van der Waals surface area contributed by atoms with E-state index in [0.29, 0.717) is 82.9 Å². The van der Waals surface area contributed by atoms with Crippen molar-refractivity contribution in [1.82, 2.24) is 31.1 Å². The number of ether oxygens (including phenoxy) is 6. The van der Waals surface area contributed by atoms with Crippen LogP contribution in [0.15, 0.2) is 200 Å².